The van der Waals surface area contributed by atoms with Crippen LogP contribution in [0.15, 0.2) is 66.7 Å². The lowest BCUT2D eigenvalue weighted by molar-refractivity contribution is 0.471. The highest BCUT2D eigenvalue weighted by Crippen LogP contribution is 2.31. The van der Waals surface area contributed by atoms with Crippen molar-refractivity contribution in [1.82, 2.24) is 10.2 Å². The van der Waals surface area contributed by atoms with Crippen LogP contribution in [0.3, 0.4) is 0 Å². The van der Waals surface area contributed by atoms with E-state index in [2.05, 4.69) is 34.5 Å². The van der Waals surface area contributed by atoms with Crippen molar-refractivity contribution in [3.63, 3.8) is 0 Å². The molecule has 0 saturated heterocycles. The molecule has 0 fully saturated rings. The van der Waals surface area contributed by atoms with Crippen LogP contribution in [-0.2, 0) is 0 Å². The summed E-state index contributed by atoms with van der Waals surface area (Å²) in [7, 11) is 0. The number of aromatic nitrogens is 2. The molecule has 0 atom stereocenters. The molecule has 0 aliphatic carbocycles. The third-order valence-corrected chi connectivity index (χ3v) is 4.44. The predicted molar refractivity (Wildman–Crippen MR) is 103 cm³/mol. The monoisotopic (exact) mass is 326 g/mol. The van der Waals surface area contributed by atoms with Gasteiger partial charge < -0.3 is 5.11 Å². The zero-order valence-corrected chi connectivity index (χ0v) is 13.9. The number of benzene rings is 3. The molecule has 0 spiro atoms. The normalized spacial score (nSPS) is 11.4. The maximum absolute atomic E-state index is 9.97. The Bertz CT molecular complexity index is 1060. The molecule has 0 bridgehead atoms. The summed E-state index contributed by atoms with van der Waals surface area (Å²) in [5.74, 6) is 0.314. The lowest BCUT2D eigenvalue weighted by Crippen LogP contribution is -1.84. The minimum Gasteiger partial charge on any atom is -0.508 e. The van der Waals surface area contributed by atoms with E-state index in [1.165, 1.54) is 0 Å². The van der Waals surface area contributed by atoms with E-state index in [0.717, 1.165) is 38.9 Å². The summed E-state index contributed by atoms with van der Waals surface area (Å²) in [6, 6.07) is 22.0. The van der Waals surface area contributed by atoms with Crippen molar-refractivity contribution in [2.45, 2.75) is 6.92 Å². The Morgan fingerprint density at radius 1 is 0.920 bits per heavy atom. The Morgan fingerprint density at radius 3 is 2.60 bits per heavy atom. The smallest absolute Gasteiger partial charge is 0.119 e. The van der Waals surface area contributed by atoms with E-state index in [1.54, 1.807) is 6.07 Å². The van der Waals surface area contributed by atoms with Gasteiger partial charge in [-0.25, -0.2) is 0 Å². The Kier molecular flexibility index (Phi) is 3.82. The molecule has 0 amide bonds. The third kappa shape index (κ3) is 2.92. The second-order valence-electron chi connectivity index (χ2n) is 6.06. The molecule has 1 heterocycles. The number of aromatic amines is 1. The van der Waals surface area contributed by atoms with Crippen molar-refractivity contribution < 1.29 is 5.11 Å². The second kappa shape index (κ2) is 6.29. The number of nitrogens with one attached hydrogen (secondary N) is 1. The first-order valence-corrected chi connectivity index (χ1v) is 8.22. The SMILES string of the molecule is Cc1c(O)cccc1-c1ccc2[nH]nc(/C=C/c3ccccc3)c2c1. The highest BCUT2D eigenvalue weighted by Gasteiger charge is 2.09. The van der Waals surface area contributed by atoms with E-state index < -0.39 is 0 Å². The number of fused-ring (bicyclic) bond motifs is 1. The van der Waals surface area contributed by atoms with Gasteiger partial charge in [-0.05, 0) is 53.5 Å². The fourth-order valence-corrected chi connectivity index (χ4v) is 3.00. The van der Waals surface area contributed by atoms with E-state index in [4.69, 9.17) is 0 Å². The number of hydrogen-bond acceptors (Lipinski definition) is 2. The predicted octanol–water partition coefficient (Wildman–Crippen LogP) is 5.41. The van der Waals surface area contributed by atoms with Gasteiger partial charge in [0.1, 0.15) is 5.75 Å². The van der Waals surface area contributed by atoms with Gasteiger partial charge >= 0.3 is 0 Å². The Morgan fingerprint density at radius 2 is 1.76 bits per heavy atom. The summed E-state index contributed by atoms with van der Waals surface area (Å²) in [6.45, 7) is 1.93. The molecule has 0 unspecified atom stereocenters. The minimum atomic E-state index is 0.314. The van der Waals surface area contributed by atoms with Gasteiger partial charge in [0.05, 0.1) is 11.2 Å². The van der Waals surface area contributed by atoms with Crippen molar-refractivity contribution in [1.29, 1.82) is 0 Å². The second-order valence-corrected chi connectivity index (χ2v) is 6.06. The minimum absolute atomic E-state index is 0.314. The molecule has 3 nitrogen and oxygen atoms in total. The topological polar surface area (TPSA) is 48.9 Å². The molecule has 3 aromatic carbocycles. The number of H-pyrrole nitrogens is 1. The Hall–Kier alpha value is -3.33. The average Bonchev–Trinajstić information content (AvgIpc) is 3.05. The van der Waals surface area contributed by atoms with Crippen LogP contribution < -0.4 is 0 Å². The zero-order valence-electron chi connectivity index (χ0n) is 13.9. The van der Waals surface area contributed by atoms with Gasteiger partial charge in [-0.1, -0.05) is 54.6 Å². The molecule has 0 aliphatic heterocycles. The van der Waals surface area contributed by atoms with Crippen LogP contribution in [0.25, 0.3) is 34.2 Å². The molecular formula is C22H18N2O. The fourth-order valence-electron chi connectivity index (χ4n) is 3.00. The largest absolute Gasteiger partial charge is 0.508 e. The van der Waals surface area contributed by atoms with E-state index in [-0.39, 0.29) is 0 Å². The molecule has 1 aromatic heterocycles. The van der Waals surface area contributed by atoms with Gasteiger partial charge in [0.15, 0.2) is 0 Å². The summed E-state index contributed by atoms with van der Waals surface area (Å²) in [6.07, 6.45) is 4.08. The first kappa shape index (κ1) is 15.2. The van der Waals surface area contributed by atoms with E-state index >= 15 is 0 Å². The maximum atomic E-state index is 9.97. The van der Waals surface area contributed by atoms with Crippen molar-refractivity contribution in [2.24, 2.45) is 0 Å². The fraction of sp³-hybridized carbons (Fsp3) is 0.0455. The number of phenols is 1. The quantitative estimate of drug-likeness (QED) is 0.528. The molecule has 0 radical (unpaired) electrons. The summed E-state index contributed by atoms with van der Waals surface area (Å²) in [5, 5.41) is 18.5. The Balaban J connectivity index is 1.78. The Labute approximate surface area is 146 Å². The molecule has 0 aliphatic rings. The van der Waals surface area contributed by atoms with Crippen LogP contribution in [0.5, 0.6) is 5.75 Å². The molecule has 0 saturated carbocycles. The first-order chi connectivity index (χ1) is 12.2. The first-order valence-electron chi connectivity index (χ1n) is 8.22. The summed E-state index contributed by atoms with van der Waals surface area (Å²) < 4.78 is 0. The number of rotatable bonds is 3. The van der Waals surface area contributed by atoms with Crippen LogP contribution in [0.4, 0.5) is 0 Å². The van der Waals surface area contributed by atoms with Gasteiger partial charge in [0.2, 0.25) is 0 Å². The summed E-state index contributed by atoms with van der Waals surface area (Å²) in [4.78, 5) is 0. The van der Waals surface area contributed by atoms with Crippen molar-refractivity contribution in [3.05, 3.63) is 83.6 Å². The molecule has 25 heavy (non-hydrogen) atoms. The van der Waals surface area contributed by atoms with Crippen LogP contribution in [-0.4, -0.2) is 15.3 Å². The molecule has 4 aromatic rings. The number of aromatic hydroxyl groups is 1. The van der Waals surface area contributed by atoms with Crippen LogP contribution in [0.2, 0.25) is 0 Å². The lowest BCUT2D eigenvalue weighted by Gasteiger charge is -2.08. The van der Waals surface area contributed by atoms with Gasteiger partial charge in [0, 0.05) is 5.39 Å². The average molecular weight is 326 g/mol. The molecule has 122 valence electrons. The van der Waals surface area contributed by atoms with Crippen molar-refractivity contribution in [3.8, 4) is 16.9 Å². The summed E-state index contributed by atoms with van der Waals surface area (Å²) in [5.41, 5.74) is 6.01. The highest BCUT2D eigenvalue weighted by atomic mass is 16.3. The standard InChI is InChI=1S/C22H18N2O/c1-15-18(8-5-9-22(15)25)17-11-13-21-19(14-17)20(23-24-21)12-10-16-6-3-2-4-7-16/h2-14,25H,1H3,(H,23,24)/b12-10+. The van der Waals surface area contributed by atoms with Crippen LogP contribution >= 0.6 is 0 Å². The molecular weight excluding hydrogens is 308 g/mol. The molecule has 2 N–H and O–H groups in total. The van der Waals surface area contributed by atoms with Crippen LogP contribution in [0, 0.1) is 6.92 Å². The highest BCUT2D eigenvalue weighted by molar-refractivity contribution is 5.92. The molecule has 3 heteroatoms. The number of phenolic OH excluding ortho intramolecular Hbond substituents is 1. The van der Waals surface area contributed by atoms with Gasteiger partial charge in [-0.2, -0.15) is 5.10 Å². The maximum Gasteiger partial charge on any atom is 0.119 e. The van der Waals surface area contributed by atoms with Crippen LogP contribution in [0.1, 0.15) is 16.8 Å². The third-order valence-electron chi connectivity index (χ3n) is 4.44. The molecule has 4 rings (SSSR count). The zero-order chi connectivity index (χ0) is 17.2. The van der Waals surface area contributed by atoms with Gasteiger partial charge in [-0.3, -0.25) is 5.10 Å². The van der Waals surface area contributed by atoms with Gasteiger partial charge in [-0.15, -0.1) is 0 Å². The van der Waals surface area contributed by atoms with E-state index in [9.17, 15) is 5.11 Å². The van der Waals surface area contributed by atoms with Gasteiger partial charge in [0.25, 0.3) is 0 Å². The number of nitrogens with zero attached hydrogens (tertiary/aromatic N) is 1. The van der Waals surface area contributed by atoms with E-state index in [0.29, 0.717) is 5.75 Å². The lowest BCUT2D eigenvalue weighted by atomic mass is 9.98. The van der Waals surface area contributed by atoms with E-state index in [1.807, 2.05) is 55.5 Å². The number of hydrogen-bond donors (Lipinski definition) is 2. The van der Waals surface area contributed by atoms with Crippen molar-refractivity contribution >= 4 is 23.1 Å². The van der Waals surface area contributed by atoms with Crippen molar-refractivity contribution in [2.75, 3.05) is 0 Å². The summed E-state index contributed by atoms with van der Waals surface area (Å²) >= 11 is 0.